The van der Waals surface area contributed by atoms with Crippen molar-refractivity contribution in [3.05, 3.63) is 53.0 Å². The maximum atomic E-state index is 5.84. The van der Waals surface area contributed by atoms with E-state index in [9.17, 15) is 0 Å². The van der Waals surface area contributed by atoms with E-state index in [0.717, 1.165) is 17.1 Å². The quantitative estimate of drug-likeness (QED) is 0.915. The summed E-state index contributed by atoms with van der Waals surface area (Å²) in [5.41, 5.74) is 9.55. The number of rotatable bonds is 4. The molecular weight excluding hydrogens is 238 g/mol. The number of hydrogen-bond donors (Lipinski definition) is 1. The number of ether oxygens (including phenoxy) is 1. The van der Waals surface area contributed by atoms with Gasteiger partial charge >= 0.3 is 0 Å². The molecule has 3 nitrogen and oxygen atoms in total. The Morgan fingerprint density at radius 3 is 2.79 bits per heavy atom. The van der Waals surface area contributed by atoms with E-state index in [2.05, 4.69) is 18.2 Å². The van der Waals surface area contributed by atoms with Gasteiger partial charge in [-0.15, -0.1) is 0 Å². The molecule has 1 aromatic carbocycles. The van der Waals surface area contributed by atoms with Gasteiger partial charge in [0.05, 0.1) is 12.8 Å². The van der Waals surface area contributed by atoms with Crippen LogP contribution in [0.1, 0.15) is 35.3 Å². The monoisotopic (exact) mass is 257 g/mol. The Morgan fingerprint density at radius 2 is 1.95 bits per heavy atom. The molecule has 0 bridgehead atoms. The van der Waals surface area contributed by atoms with Crippen molar-refractivity contribution in [3.8, 4) is 5.75 Å². The van der Waals surface area contributed by atoms with Gasteiger partial charge in [-0.1, -0.05) is 6.07 Å². The molecule has 3 heteroatoms. The van der Waals surface area contributed by atoms with Crippen molar-refractivity contribution < 1.29 is 9.15 Å². The van der Waals surface area contributed by atoms with E-state index in [1.807, 2.05) is 6.07 Å². The molecule has 1 aliphatic carbocycles. The van der Waals surface area contributed by atoms with E-state index in [-0.39, 0.29) is 0 Å². The first-order chi connectivity index (χ1) is 9.36. The SMILES string of the molecule is NCc1occc1COc1ccc2c(c1)CCCC2. The highest BCUT2D eigenvalue weighted by molar-refractivity contribution is 5.37. The molecule has 0 amide bonds. The van der Waals surface area contributed by atoms with E-state index in [4.69, 9.17) is 14.9 Å². The third kappa shape index (κ3) is 2.66. The summed E-state index contributed by atoms with van der Waals surface area (Å²) >= 11 is 0. The Morgan fingerprint density at radius 1 is 1.11 bits per heavy atom. The summed E-state index contributed by atoms with van der Waals surface area (Å²) in [5, 5.41) is 0. The highest BCUT2D eigenvalue weighted by Crippen LogP contribution is 2.26. The zero-order chi connectivity index (χ0) is 13.1. The standard InChI is InChI=1S/C16H19NO2/c17-10-16-14(7-8-18-16)11-19-15-6-5-12-3-1-2-4-13(12)9-15/h5-9H,1-4,10-11,17H2. The Hall–Kier alpha value is -1.74. The lowest BCUT2D eigenvalue weighted by molar-refractivity contribution is 0.301. The molecule has 1 aliphatic rings. The van der Waals surface area contributed by atoms with Gasteiger partial charge < -0.3 is 14.9 Å². The van der Waals surface area contributed by atoms with Crippen LogP contribution in [0, 0.1) is 0 Å². The zero-order valence-corrected chi connectivity index (χ0v) is 11.0. The minimum atomic E-state index is 0.413. The van der Waals surface area contributed by atoms with Gasteiger partial charge in [-0.05, 0) is 55.0 Å². The zero-order valence-electron chi connectivity index (χ0n) is 11.0. The first kappa shape index (κ1) is 12.3. The van der Waals surface area contributed by atoms with Crippen LogP contribution in [0.3, 0.4) is 0 Å². The van der Waals surface area contributed by atoms with Crippen LogP contribution in [0.4, 0.5) is 0 Å². The minimum absolute atomic E-state index is 0.413. The van der Waals surface area contributed by atoms with Gasteiger partial charge in [0.2, 0.25) is 0 Å². The molecule has 0 spiro atoms. The van der Waals surface area contributed by atoms with Gasteiger partial charge in [0.25, 0.3) is 0 Å². The van der Waals surface area contributed by atoms with Crippen molar-refractivity contribution in [3.63, 3.8) is 0 Å². The molecule has 2 aromatic rings. The summed E-state index contributed by atoms with van der Waals surface area (Å²) in [4.78, 5) is 0. The summed E-state index contributed by atoms with van der Waals surface area (Å²) in [6, 6.07) is 8.35. The number of nitrogens with two attached hydrogens (primary N) is 1. The van der Waals surface area contributed by atoms with E-state index in [1.54, 1.807) is 6.26 Å². The minimum Gasteiger partial charge on any atom is -0.489 e. The van der Waals surface area contributed by atoms with Crippen molar-refractivity contribution in [1.82, 2.24) is 0 Å². The lowest BCUT2D eigenvalue weighted by Gasteiger charge is -2.16. The molecule has 19 heavy (non-hydrogen) atoms. The number of aryl methyl sites for hydroxylation is 2. The van der Waals surface area contributed by atoms with Crippen molar-refractivity contribution >= 4 is 0 Å². The second-order valence-electron chi connectivity index (χ2n) is 5.00. The van der Waals surface area contributed by atoms with Crippen LogP contribution in [0.15, 0.2) is 34.9 Å². The predicted molar refractivity (Wildman–Crippen MR) is 74.0 cm³/mol. The number of furan rings is 1. The van der Waals surface area contributed by atoms with Crippen LogP contribution >= 0.6 is 0 Å². The average molecular weight is 257 g/mol. The van der Waals surface area contributed by atoms with Crippen LogP contribution in [-0.2, 0) is 26.0 Å². The highest BCUT2D eigenvalue weighted by Gasteiger charge is 2.10. The Kier molecular flexibility index (Phi) is 3.56. The fourth-order valence-corrected chi connectivity index (χ4v) is 2.64. The molecule has 0 aliphatic heterocycles. The maximum Gasteiger partial charge on any atom is 0.123 e. The highest BCUT2D eigenvalue weighted by atomic mass is 16.5. The maximum absolute atomic E-state index is 5.84. The van der Waals surface area contributed by atoms with E-state index in [1.165, 1.54) is 36.8 Å². The van der Waals surface area contributed by atoms with Crippen LogP contribution < -0.4 is 10.5 Å². The van der Waals surface area contributed by atoms with Gasteiger partial charge in [-0.25, -0.2) is 0 Å². The van der Waals surface area contributed by atoms with E-state index < -0.39 is 0 Å². The van der Waals surface area contributed by atoms with Crippen molar-refractivity contribution in [2.24, 2.45) is 5.73 Å². The fraction of sp³-hybridized carbons (Fsp3) is 0.375. The Labute approximate surface area is 113 Å². The molecule has 1 aromatic heterocycles. The number of hydrogen-bond acceptors (Lipinski definition) is 3. The molecular formula is C16H19NO2. The van der Waals surface area contributed by atoms with E-state index in [0.29, 0.717) is 13.2 Å². The van der Waals surface area contributed by atoms with Gasteiger partial charge in [0.15, 0.2) is 0 Å². The fourth-order valence-electron chi connectivity index (χ4n) is 2.64. The van der Waals surface area contributed by atoms with Gasteiger partial charge in [0.1, 0.15) is 18.1 Å². The third-order valence-corrected chi connectivity index (χ3v) is 3.74. The van der Waals surface area contributed by atoms with Crippen molar-refractivity contribution in [2.45, 2.75) is 38.8 Å². The molecule has 0 atom stereocenters. The average Bonchev–Trinajstić information content (AvgIpc) is 2.92. The summed E-state index contributed by atoms with van der Waals surface area (Å²) in [6.45, 7) is 0.928. The van der Waals surface area contributed by atoms with Crippen molar-refractivity contribution in [2.75, 3.05) is 0 Å². The van der Waals surface area contributed by atoms with Gasteiger partial charge in [0, 0.05) is 5.56 Å². The lowest BCUT2D eigenvalue weighted by Crippen LogP contribution is -2.04. The summed E-state index contributed by atoms with van der Waals surface area (Å²) in [6.07, 6.45) is 6.63. The lowest BCUT2D eigenvalue weighted by atomic mass is 9.92. The van der Waals surface area contributed by atoms with Crippen molar-refractivity contribution in [1.29, 1.82) is 0 Å². The summed E-state index contributed by atoms with van der Waals surface area (Å²) < 4.78 is 11.1. The molecule has 0 saturated carbocycles. The number of fused-ring (bicyclic) bond motifs is 1. The molecule has 3 rings (SSSR count). The number of benzene rings is 1. The molecule has 2 N–H and O–H groups in total. The molecule has 0 saturated heterocycles. The Balaban J connectivity index is 1.70. The molecule has 0 fully saturated rings. The largest absolute Gasteiger partial charge is 0.489 e. The third-order valence-electron chi connectivity index (χ3n) is 3.74. The summed E-state index contributed by atoms with van der Waals surface area (Å²) in [5.74, 6) is 1.74. The molecule has 100 valence electrons. The van der Waals surface area contributed by atoms with E-state index >= 15 is 0 Å². The first-order valence-corrected chi connectivity index (χ1v) is 6.87. The van der Waals surface area contributed by atoms with Crippen LogP contribution in [0.2, 0.25) is 0 Å². The molecule has 0 radical (unpaired) electrons. The van der Waals surface area contributed by atoms with Crippen LogP contribution in [0.25, 0.3) is 0 Å². The second-order valence-corrected chi connectivity index (χ2v) is 5.00. The van der Waals surface area contributed by atoms with Gasteiger partial charge in [-0.2, -0.15) is 0 Å². The molecule has 0 unspecified atom stereocenters. The Bertz CT molecular complexity index is 560. The second kappa shape index (κ2) is 5.49. The normalized spacial score (nSPS) is 14.2. The van der Waals surface area contributed by atoms with Crippen LogP contribution in [-0.4, -0.2) is 0 Å². The topological polar surface area (TPSA) is 48.4 Å². The summed E-state index contributed by atoms with van der Waals surface area (Å²) in [7, 11) is 0. The predicted octanol–water partition coefficient (Wildman–Crippen LogP) is 3.20. The smallest absolute Gasteiger partial charge is 0.123 e. The van der Waals surface area contributed by atoms with Gasteiger partial charge in [-0.3, -0.25) is 0 Å². The first-order valence-electron chi connectivity index (χ1n) is 6.87. The van der Waals surface area contributed by atoms with Crippen LogP contribution in [0.5, 0.6) is 5.75 Å². The molecule has 1 heterocycles.